The van der Waals surface area contributed by atoms with E-state index in [1.54, 1.807) is 6.92 Å². The second-order valence-corrected chi connectivity index (χ2v) is 9.16. The van der Waals surface area contributed by atoms with Gasteiger partial charge in [0.05, 0.1) is 26.1 Å². The first kappa shape index (κ1) is 21.2. The zero-order valence-electron chi connectivity index (χ0n) is 15.7. The third-order valence-electron chi connectivity index (χ3n) is 4.82. The van der Waals surface area contributed by atoms with Crippen molar-refractivity contribution >= 4 is 38.9 Å². The molecular formula is C19H20ClN3O5S. The number of sulfonamides is 1. The summed E-state index contributed by atoms with van der Waals surface area (Å²) in [6.07, 6.45) is 2.58. The number of carbonyl (C=O) groups is 1. The molecule has 3 rings (SSSR count). The number of halogens is 1. The van der Waals surface area contributed by atoms with Gasteiger partial charge >= 0.3 is 0 Å². The molecule has 154 valence electrons. The van der Waals surface area contributed by atoms with Crippen LogP contribution in [0.3, 0.4) is 0 Å². The first-order chi connectivity index (χ1) is 13.7. The Labute approximate surface area is 173 Å². The van der Waals surface area contributed by atoms with Gasteiger partial charge in [0.25, 0.3) is 11.6 Å². The van der Waals surface area contributed by atoms with Gasteiger partial charge < -0.3 is 5.32 Å². The maximum atomic E-state index is 12.9. The highest BCUT2D eigenvalue weighted by Gasteiger charge is 2.27. The SMILES string of the molecule is Cc1ccc([N+](=O)[O-])cc1NC(=O)c1cc(S(=O)(=O)N2CCCCC2)ccc1Cl. The molecule has 1 saturated heterocycles. The summed E-state index contributed by atoms with van der Waals surface area (Å²) < 4.78 is 27.2. The van der Waals surface area contributed by atoms with E-state index in [0.29, 0.717) is 18.7 Å². The van der Waals surface area contributed by atoms with Crippen molar-refractivity contribution in [1.29, 1.82) is 0 Å². The number of piperidine rings is 1. The Morgan fingerprint density at radius 1 is 1.14 bits per heavy atom. The molecule has 0 radical (unpaired) electrons. The third kappa shape index (κ3) is 4.58. The standard InChI is InChI=1S/C19H20ClN3O5S/c1-13-5-6-14(23(25)26)11-18(13)21-19(24)16-12-15(7-8-17(16)20)29(27,28)22-9-3-2-4-10-22/h5-8,11-12H,2-4,9-10H2,1H3,(H,21,24). The van der Waals surface area contributed by atoms with Gasteiger partial charge in [-0.05, 0) is 43.5 Å². The van der Waals surface area contributed by atoms with E-state index in [-0.39, 0.29) is 26.9 Å². The Morgan fingerprint density at radius 2 is 1.83 bits per heavy atom. The Morgan fingerprint density at radius 3 is 2.48 bits per heavy atom. The number of aryl methyl sites for hydroxylation is 1. The van der Waals surface area contributed by atoms with E-state index in [1.807, 2.05) is 0 Å². The van der Waals surface area contributed by atoms with Crippen LogP contribution in [0.25, 0.3) is 0 Å². The van der Waals surface area contributed by atoms with Gasteiger partial charge in [-0.1, -0.05) is 24.1 Å². The molecular weight excluding hydrogens is 418 g/mol. The maximum absolute atomic E-state index is 12.9. The van der Waals surface area contributed by atoms with Crippen molar-refractivity contribution in [3.8, 4) is 0 Å². The zero-order chi connectivity index (χ0) is 21.2. The summed E-state index contributed by atoms with van der Waals surface area (Å²) in [6, 6.07) is 8.09. The molecule has 0 saturated carbocycles. The molecule has 1 aliphatic heterocycles. The average molecular weight is 438 g/mol. The maximum Gasteiger partial charge on any atom is 0.271 e. The van der Waals surface area contributed by atoms with Gasteiger partial charge in [-0.2, -0.15) is 4.31 Å². The minimum atomic E-state index is -3.73. The first-order valence-electron chi connectivity index (χ1n) is 9.06. The fraction of sp³-hybridized carbons (Fsp3) is 0.316. The summed E-state index contributed by atoms with van der Waals surface area (Å²) in [4.78, 5) is 23.2. The fourth-order valence-corrected chi connectivity index (χ4v) is 4.89. The van der Waals surface area contributed by atoms with Crippen LogP contribution in [0.5, 0.6) is 0 Å². The summed E-state index contributed by atoms with van der Waals surface area (Å²) in [6.45, 7) is 2.58. The molecule has 0 unspecified atom stereocenters. The lowest BCUT2D eigenvalue weighted by Crippen LogP contribution is -2.35. The summed E-state index contributed by atoms with van der Waals surface area (Å²) >= 11 is 6.14. The van der Waals surface area contributed by atoms with Crippen molar-refractivity contribution in [2.24, 2.45) is 0 Å². The second kappa shape index (κ2) is 8.48. The molecule has 1 N–H and O–H groups in total. The van der Waals surface area contributed by atoms with Crippen molar-refractivity contribution in [3.63, 3.8) is 0 Å². The molecule has 0 bridgehead atoms. The van der Waals surface area contributed by atoms with E-state index in [1.165, 1.54) is 40.7 Å². The summed E-state index contributed by atoms with van der Waals surface area (Å²) in [5.41, 5.74) is 0.691. The topological polar surface area (TPSA) is 110 Å². The number of nitro groups is 1. The molecule has 0 spiro atoms. The van der Waals surface area contributed by atoms with E-state index in [4.69, 9.17) is 11.6 Å². The number of hydrogen-bond donors (Lipinski definition) is 1. The molecule has 0 aromatic heterocycles. The lowest BCUT2D eigenvalue weighted by Gasteiger charge is -2.26. The van der Waals surface area contributed by atoms with Crippen LogP contribution >= 0.6 is 11.6 Å². The van der Waals surface area contributed by atoms with Crippen molar-refractivity contribution in [2.45, 2.75) is 31.1 Å². The molecule has 1 fully saturated rings. The highest BCUT2D eigenvalue weighted by Crippen LogP contribution is 2.27. The van der Waals surface area contributed by atoms with Crippen molar-refractivity contribution in [3.05, 3.63) is 62.7 Å². The van der Waals surface area contributed by atoms with E-state index < -0.39 is 20.9 Å². The monoisotopic (exact) mass is 437 g/mol. The van der Waals surface area contributed by atoms with Crippen LogP contribution in [0.1, 0.15) is 35.2 Å². The van der Waals surface area contributed by atoms with Crippen LogP contribution in [0.15, 0.2) is 41.3 Å². The Bertz CT molecular complexity index is 1070. The number of nitrogens with one attached hydrogen (secondary N) is 1. The summed E-state index contributed by atoms with van der Waals surface area (Å²) in [7, 11) is -3.73. The molecule has 29 heavy (non-hydrogen) atoms. The highest BCUT2D eigenvalue weighted by molar-refractivity contribution is 7.89. The van der Waals surface area contributed by atoms with Gasteiger partial charge in [0.1, 0.15) is 0 Å². The molecule has 1 aliphatic rings. The molecule has 2 aromatic carbocycles. The predicted octanol–water partition coefficient (Wildman–Crippen LogP) is 3.98. The summed E-state index contributed by atoms with van der Waals surface area (Å²) in [5, 5.41) is 13.7. The molecule has 2 aromatic rings. The molecule has 8 nitrogen and oxygen atoms in total. The molecule has 0 atom stereocenters. The number of carbonyl (C=O) groups excluding carboxylic acids is 1. The Balaban J connectivity index is 1.91. The van der Waals surface area contributed by atoms with Crippen LogP contribution in [0, 0.1) is 17.0 Å². The molecule has 0 aliphatic carbocycles. The number of amides is 1. The van der Waals surface area contributed by atoms with Crippen molar-refractivity contribution < 1.29 is 18.1 Å². The van der Waals surface area contributed by atoms with Gasteiger partial charge in [0, 0.05) is 25.2 Å². The molecule has 1 amide bonds. The van der Waals surface area contributed by atoms with Crippen LogP contribution in [-0.4, -0.2) is 36.6 Å². The summed E-state index contributed by atoms with van der Waals surface area (Å²) in [5.74, 6) is -0.644. The minimum absolute atomic E-state index is 0.00952. The number of hydrogen-bond acceptors (Lipinski definition) is 5. The van der Waals surface area contributed by atoms with E-state index >= 15 is 0 Å². The largest absolute Gasteiger partial charge is 0.321 e. The van der Waals surface area contributed by atoms with Gasteiger partial charge in [0.15, 0.2) is 0 Å². The van der Waals surface area contributed by atoms with Gasteiger partial charge in [-0.15, -0.1) is 0 Å². The number of benzene rings is 2. The third-order valence-corrected chi connectivity index (χ3v) is 7.04. The van der Waals surface area contributed by atoms with Crippen LogP contribution in [-0.2, 0) is 10.0 Å². The number of anilines is 1. The highest BCUT2D eigenvalue weighted by atomic mass is 35.5. The van der Waals surface area contributed by atoms with E-state index in [9.17, 15) is 23.3 Å². The Hall–Kier alpha value is -2.49. The lowest BCUT2D eigenvalue weighted by molar-refractivity contribution is -0.384. The van der Waals surface area contributed by atoms with Crippen LogP contribution < -0.4 is 5.32 Å². The number of rotatable bonds is 5. The number of nitrogens with zero attached hydrogens (tertiary/aromatic N) is 2. The van der Waals surface area contributed by atoms with Gasteiger partial charge in [-0.25, -0.2) is 8.42 Å². The van der Waals surface area contributed by atoms with Gasteiger partial charge in [0.2, 0.25) is 10.0 Å². The second-order valence-electron chi connectivity index (χ2n) is 6.82. The average Bonchev–Trinajstić information content (AvgIpc) is 2.70. The number of non-ortho nitro benzene ring substituents is 1. The number of nitro benzene ring substituents is 1. The van der Waals surface area contributed by atoms with Crippen LogP contribution in [0.2, 0.25) is 5.02 Å². The van der Waals surface area contributed by atoms with Crippen molar-refractivity contribution in [1.82, 2.24) is 4.31 Å². The van der Waals surface area contributed by atoms with E-state index in [0.717, 1.165) is 19.3 Å². The molecule has 1 heterocycles. The molecule has 10 heteroatoms. The lowest BCUT2D eigenvalue weighted by atomic mass is 10.1. The van der Waals surface area contributed by atoms with Crippen LogP contribution in [0.4, 0.5) is 11.4 Å². The minimum Gasteiger partial charge on any atom is -0.321 e. The Kier molecular flexibility index (Phi) is 6.21. The smallest absolute Gasteiger partial charge is 0.271 e. The fourth-order valence-electron chi connectivity index (χ4n) is 3.14. The van der Waals surface area contributed by atoms with Gasteiger partial charge in [-0.3, -0.25) is 14.9 Å². The zero-order valence-corrected chi connectivity index (χ0v) is 17.3. The quantitative estimate of drug-likeness (QED) is 0.561. The predicted molar refractivity (Wildman–Crippen MR) is 110 cm³/mol. The normalized spacial score (nSPS) is 15.1. The van der Waals surface area contributed by atoms with Crippen molar-refractivity contribution in [2.75, 3.05) is 18.4 Å². The van der Waals surface area contributed by atoms with E-state index in [2.05, 4.69) is 5.32 Å². The first-order valence-corrected chi connectivity index (χ1v) is 10.9.